The third kappa shape index (κ3) is 8.96. The number of aliphatic carboxylic acids is 3. The maximum atomic E-state index is 12.5. The molecule has 0 radical (unpaired) electrons. The minimum Gasteiger partial charge on any atom is -0.481 e. The predicted molar refractivity (Wildman–Crippen MR) is 101 cm³/mol. The van der Waals surface area contributed by atoms with Gasteiger partial charge in [0.25, 0.3) is 0 Å². The second-order valence-electron chi connectivity index (χ2n) is 6.88. The molecule has 1 aliphatic rings. The molecule has 1 heterocycles. The monoisotopic (exact) mass is 446 g/mol. The fourth-order valence-corrected chi connectivity index (χ4v) is 2.83. The Kier molecular flexibility index (Phi) is 10.3. The highest BCUT2D eigenvalue weighted by Crippen LogP contribution is 2.07. The van der Waals surface area contributed by atoms with Crippen LogP contribution in [0.3, 0.4) is 0 Å². The maximum absolute atomic E-state index is 12.5. The number of hydrogen-bond acceptors (Lipinski definition) is 8. The number of carboxylic acids is 3. The van der Waals surface area contributed by atoms with Gasteiger partial charge in [-0.05, 0) is 25.8 Å². The third-order valence-electron chi connectivity index (χ3n) is 4.47. The average molecular weight is 446 g/mol. The van der Waals surface area contributed by atoms with Crippen molar-refractivity contribution < 1.29 is 49.2 Å². The number of amides is 3. The highest BCUT2D eigenvalue weighted by molar-refractivity contribution is 5.94. The minimum absolute atomic E-state index is 0.295. The van der Waals surface area contributed by atoms with E-state index < -0.39 is 79.2 Å². The number of aliphatic hydroxyl groups is 1. The van der Waals surface area contributed by atoms with Crippen LogP contribution >= 0.6 is 0 Å². The molecule has 0 aromatic rings. The highest BCUT2D eigenvalue weighted by atomic mass is 16.4. The topological polar surface area (TPSA) is 231 Å². The second-order valence-corrected chi connectivity index (χ2v) is 6.88. The van der Waals surface area contributed by atoms with Gasteiger partial charge in [0.15, 0.2) is 0 Å². The van der Waals surface area contributed by atoms with E-state index in [-0.39, 0.29) is 6.42 Å². The van der Waals surface area contributed by atoms with Crippen molar-refractivity contribution in [2.45, 2.75) is 56.3 Å². The quantitative estimate of drug-likeness (QED) is 0.139. The number of aliphatic hydroxyl groups excluding tert-OH is 1. The molecule has 0 spiro atoms. The molecule has 0 bridgehead atoms. The molecule has 1 saturated heterocycles. The van der Waals surface area contributed by atoms with Gasteiger partial charge in [-0.1, -0.05) is 0 Å². The van der Waals surface area contributed by atoms with Gasteiger partial charge in [0.05, 0.1) is 19.1 Å². The zero-order chi connectivity index (χ0) is 23.6. The Labute approximate surface area is 176 Å². The van der Waals surface area contributed by atoms with E-state index in [1.165, 1.54) is 0 Å². The number of carbonyl (C=O) groups excluding carboxylic acids is 3. The molecular formula is C17H26N4O10. The summed E-state index contributed by atoms with van der Waals surface area (Å²) in [6.07, 6.45) is -0.417. The summed E-state index contributed by atoms with van der Waals surface area (Å²) >= 11 is 0. The fraction of sp³-hybridized carbons (Fsp3) is 0.647. The molecule has 31 heavy (non-hydrogen) atoms. The molecule has 0 aliphatic carbocycles. The van der Waals surface area contributed by atoms with Crippen LogP contribution in [0, 0.1) is 0 Å². The molecule has 0 aromatic heterocycles. The first-order valence-electron chi connectivity index (χ1n) is 9.46. The summed E-state index contributed by atoms with van der Waals surface area (Å²) in [7, 11) is 0. The number of nitrogens with one attached hydrogen (secondary N) is 4. The van der Waals surface area contributed by atoms with E-state index in [0.29, 0.717) is 13.0 Å². The van der Waals surface area contributed by atoms with Crippen LogP contribution in [0.1, 0.15) is 32.1 Å². The van der Waals surface area contributed by atoms with E-state index in [1.54, 1.807) is 0 Å². The highest BCUT2D eigenvalue weighted by Gasteiger charge is 2.32. The molecule has 4 unspecified atom stereocenters. The molecular weight excluding hydrogens is 420 g/mol. The minimum atomic E-state index is -1.80. The Bertz CT molecular complexity index is 707. The summed E-state index contributed by atoms with van der Waals surface area (Å²) < 4.78 is 0. The lowest BCUT2D eigenvalue weighted by Crippen LogP contribution is -2.58. The summed E-state index contributed by atoms with van der Waals surface area (Å²) in [6, 6.07) is -5.34. The first kappa shape index (κ1) is 25.8. The van der Waals surface area contributed by atoms with E-state index in [9.17, 15) is 33.9 Å². The lowest BCUT2D eigenvalue weighted by molar-refractivity contribution is -0.147. The summed E-state index contributed by atoms with van der Waals surface area (Å²) in [6.45, 7) is -0.349. The van der Waals surface area contributed by atoms with Gasteiger partial charge in [-0.25, -0.2) is 4.79 Å². The molecule has 1 rings (SSSR count). The van der Waals surface area contributed by atoms with E-state index in [2.05, 4.69) is 16.0 Å². The van der Waals surface area contributed by atoms with Gasteiger partial charge in [0.1, 0.15) is 18.1 Å². The Morgan fingerprint density at radius 2 is 1.48 bits per heavy atom. The molecule has 0 aromatic carbocycles. The normalized spacial score (nSPS) is 18.3. The second kappa shape index (κ2) is 12.4. The van der Waals surface area contributed by atoms with E-state index in [0.717, 1.165) is 6.42 Å². The summed E-state index contributed by atoms with van der Waals surface area (Å²) in [5.41, 5.74) is 0. The van der Waals surface area contributed by atoms with Gasteiger partial charge in [-0.15, -0.1) is 0 Å². The van der Waals surface area contributed by atoms with Crippen molar-refractivity contribution in [3.63, 3.8) is 0 Å². The molecule has 1 fully saturated rings. The van der Waals surface area contributed by atoms with Crippen LogP contribution in [0.25, 0.3) is 0 Å². The predicted octanol–water partition coefficient (Wildman–Crippen LogP) is -3.39. The zero-order valence-corrected chi connectivity index (χ0v) is 16.5. The standard InChI is InChI=1S/C17H26N4O10/c22-7-11(16(29)20-10(17(30)31)6-13(25)26)21-15(28)9(3-4-12(23)24)19-14(27)8-2-1-5-18-8/h8-11,18,22H,1-7H2,(H,19,27)(H,20,29)(H,21,28)(H,23,24)(H,25,26)(H,30,31). The van der Waals surface area contributed by atoms with E-state index >= 15 is 0 Å². The smallest absolute Gasteiger partial charge is 0.326 e. The molecule has 8 N–H and O–H groups in total. The number of carboxylic acid groups (broad SMARTS) is 3. The van der Waals surface area contributed by atoms with Crippen molar-refractivity contribution >= 4 is 35.6 Å². The first-order chi connectivity index (χ1) is 14.5. The van der Waals surface area contributed by atoms with Crippen LogP contribution in [0.2, 0.25) is 0 Å². The van der Waals surface area contributed by atoms with Crippen LogP contribution in [0.4, 0.5) is 0 Å². The largest absolute Gasteiger partial charge is 0.481 e. The van der Waals surface area contributed by atoms with Crippen molar-refractivity contribution in [1.82, 2.24) is 21.3 Å². The van der Waals surface area contributed by atoms with Gasteiger partial charge in [0, 0.05) is 6.42 Å². The van der Waals surface area contributed by atoms with Gasteiger partial charge in [-0.3, -0.25) is 24.0 Å². The number of hydrogen-bond donors (Lipinski definition) is 8. The Morgan fingerprint density at radius 1 is 0.871 bits per heavy atom. The van der Waals surface area contributed by atoms with Crippen LogP contribution in [0.15, 0.2) is 0 Å². The molecule has 4 atom stereocenters. The average Bonchev–Trinajstić information content (AvgIpc) is 3.22. The number of carbonyl (C=O) groups is 6. The van der Waals surface area contributed by atoms with Crippen LogP contribution in [-0.2, 0) is 28.8 Å². The van der Waals surface area contributed by atoms with Crippen LogP contribution < -0.4 is 21.3 Å². The van der Waals surface area contributed by atoms with Crippen molar-refractivity contribution in [2.24, 2.45) is 0 Å². The Hall–Kier alpha value is -3.26. The Morgan fingerprint density at radius 3 is 1.97 bits per heavy atom. The third-order valence-corrected chi connectivity index (χ3v) is 4.47. The summed E-state index contributed by atoms with van der Waals surface area (Å²) in [5.74, 6) is -7.00. The van der Waals surface area contributed by atoms with Crippen molar-refractivity contribution in [3.05, 3.63) is 0 Å². The Balaban J connectivity index is 2.82. The van der Waals surface area contributed by atoms with Gasteiger partial charge < -0.3 is 41.7 Å². The fourth-order valence-electron chi connectivity index (χ4n) is 2.83. The molecule has 3 amide bonds. The van der Waals surface area contributed by atoms with Crippen molar-refractivity contribution in [3.8, 4) is 0 Å². The number of rotatable bonds is 13. The van der Waals surface area contributed by atoms with E-state index in [4.69, 9.17) is 15.3 Å². The lowest BCUT2D eigenvalue weighted by Gasteiger charge is -2.24. The molecule has 14 nitrogen and oxygen atoms in total. The van der Waals surface area contributed by atoms with Gasteiger partial charge >= 0.3 is 17.9 Å². The van der Waals surface area contributed by atoms with Crippen LogP contribution in [-0.4, -0.2) is 93.4 Å². The SMILES string of the molecule is O=C(O)CCC(NC(=O)C1CCCN1)C(=O)NC(CO)C(=O)NC(CC(=O)O)C(=O)O. The van der Waals surface area contributed by atoms with Gasteiger partial charge in [0.2, 0.25) is 17.7 Å². The van der Waals surface area contributed by atoms with Gasteiger partial charge in [-0.2, -0.15) is 0 Å². The molecule has 14 heteroatoms. The van der Waals surface area contributed by atoms with Crippen LogP contribution in [0.5, 0.6) is 0 Å². The maximum Gasteiger partial charge on any atom is 0.326 e. The molecule has 1 aliphatic heterocycles. The summed E-state index contributed by atoms with van der Waals surface area (Å²) in [5, 5.41) is 45.3. The molecule has 174 valence electrons. The lowest BCUT2D eigenvalue weighted by atomic mass is 10.1. The van der Waals surface area contributed by atoms with Crippen molar-refractivity contribution in [2.75, 3.05) is 13.2 Å². The first-order valence-corrected chi connectivity index (χ1v) is 9.46. The van der Waals surface area contributed by atoms with Crippen molar-refractivity contribution in [1.29, 1.82) is 0 Å². The summed E-state index contributed by atoms with van der Waals surface area (Å²) in [4.78, 5) is 69.6. The van der Waals surface area contributed by atoms with E-state index in [1.807, 2.05) is 5.32 Å². The molecule has 0 saturated carbocycles. The zero-order valence-electron chi connectivity index (χ0n) is 16.5.